The number of hydrogen-bond acceptors (Lipinski definition) is 5. The van der Waals surface area contributed by atoms with Crippen LogP contribution in [0.2, 0.25) is 0 Å². The number of halogens is 3. The lowest BCUT2D eigenvalue weighted by Crippen LogP contribution is -2.41. The molecule has 1 fully saturated rings. The van der Waals surface area contributed by atoms with Gasteiger partial charge in [0.15, 0.2) is 5.82 Å². The van der Waals surface area contributed by atoms with E-state index in [2.05, 4.69) is 15.3 Å². The zero-order valence-corrected chi connectivity index (χ0v) is 16.4. The first kappa shape index (κ1) is 20.2. The third-order valence-electron chi connectivity index (χ3n) is 5.57. The molecule has 6 nitrogen and oxygen atoms in total. The Hall–Kier alpha value is -3.10. The molecule has 1 saturated carbocycles. The zero-order chi connectivity index (χ0) is 21.3. The SMILES string of the molecule is CN(c1ccc(-c2ccc(-c3cnn(C(F)F)c3)cc2O)nn1)[C@@H]1CCCC[C@@H]1F. The lowest BCUT2D eigenvalue weighted by Gasteiger charge is -2.34. The summed E-state index contributed by atoms with van der Waals surface area (Å²) < 4.78 is 40.2. The van der Waals surface area contributed by atoms with E-state index >= 15 is 0 Å². The van der Waals surface area contributed by atoms with Crippen LogP contribution in [0.3, 0.4) is 0 Å². The van der Waals surface area contributed by atoms with Crippen LogP contribution in [0.25, 0.3) is 22.4 Å². The van der Waals surface area contributed by atoms with Crippen molar-refractivity contribution in [2.75, 3.05) is 11.9 Å². The van der Waals surface area contributed by atoms with E-state index in [4.69, 9.17) is 0 Å². The van der Waals surface area contributed by atoms with E-state index in [0.717, 1.165) is 19.3 Å². The first-order valence-electron chi connectivity index (χ1n) is 9.80. The van der Waals surface area contributed by atoms with Gasteiger partial charge in [-0.05, 0) is 42.7 Å². The fourth-order valence-corrected chi connectivity index (χ4v) is 3.85. The van der Waals surface area contributed by atoms with Gasteiger partial charge in [-0.25, -0.2) is 9.07 Å². The predicted octanol–water partition coefficient (Wildman–Crippen LogP) is 4.82. The maximum atomic E-state index is 14.2. The molecule has 1 aliphatic carbocycles. The quantitative estimate of drug-likeness (QED) is 0.644. The highest BCUT2D eigenvalue weighted by Crippen LogP contribution is 2.33. The number of alkyl halides is 3. The Balaban J connectivity index is 1.54. The first-order chi connectivity index (χ1) is 14.4. The van der Waals surface area contributed by atoms with Crippen LogP contribution in [0.4, 0.5) is 19.0 Å². The molecular formula is C21H22F3N5O. The average Bonchev–Trinajstić information content (AvgIpc) is 3.24. The Bertz CT molecular complexity index is 1010. The van der Waals surface area contributed by atoms with E-state index in [9.17, 15) is 18.3 Å². The van der Waals surface area contributed by atoms with Crippen LogP contribution >= 0.6 is 0 Å². The molecule has 0 unspecified atom stereocenters. The van der Waals surface area contributed by atoms with Crippen molar-refractivity contribution < 1.29 is 18.3 Å². The van der Waals surface area contributed by atoms with Crippen molar-refractivity contribution >= 4 is 5.82 Å². The Kier molecular flexibility index (Phi) is 5.61. The fraction of sp³-hybridized carbons (Fsp3) is 0.381. The Labute approximate surface area is 172 Å². The van der Waals surface area contributed by atoms with Crippen molar-refractivity contribution in [3.63, 3.8) is 0 Å². The van der Waals surface area contributed by atoms with Crippen LogP contribution in [0.15, 0.2) is 42.7 Å². The van der Waals surface area contributed by atoms with Crippen LogP contribution in [-0.2, 0) is 0 Å². The number of benzene rings is 1. The minimum atomic E-state index is -2.72. The van der Waals surface area contributed by atoms with E-state index in [1.54, 1.807) is 24.3 Å². The topological polar surface area (TPSA) is 67.1 Å². The zero-order valence-electron chi connectivity index (χ0n) is 16.4. The summed E-state index contributed by atoms with van der Waals surface area (Å²) in [5.74, 6) is 0.521. The van der Waals surface area contributed by atoms with Crippen LogP contribution in [0.5, 0.6) is 5.75 Å². The molecule has 0 saturated heterocycles. The lowest BCUT2D eigenvalue weighted by molar-refractivity contribution is 0.0566. The second-order valence-corrected chi connectivity index (χ2v) is 7.47. The average molecular weight is 417 g/mol. The molecule has 1 aliphatic rings. The maximum Gasteiger partial charge on any atom is 0.333 e. The van der Waals surface area contributed by atoms with E-state index in [1.165, 1.54) is 18.5 Å². The summed E-state index contributed by atoms with van der Waals surface area (Å²) in [4.78, 5) is 1.82. The van der Waals surface area contributed by atoms with Gasteiger partial charge in [0.25, 0.3) is 0 Å². The highest BCUT2D eigenvalue weighted by atomic mass is 19.3. The molecule has 0 spiro atoms. The van der Waals surface area contributed by atoms with E-state index < -0.39 is 12.7 Å². The Morgan fingerprint density at radius 3 is 2.53 bits per heavy atom. The summed E-state index contributed by atoms with van der Waals surface area (Å²) in [6.45, 7) is -2.72. The number of phenolic OH excluding ortho intramolecular Hbond substituents is 1. The molecule has 4 rings (SSSR count). The molecule has 0 radical (unpaired) electrons. The van der Waals surface area contributed by atoms with Gasteiger partial charge in [-0.2, -0.15) is 13.9 Å². The summed E-state index contributed by atoms with van der Waals surface area (Å²) in [5, 5.41) is 22.4. The van der Waals surface area contributed by atoms with Crippen LogP contribution in [-0.4, -0.2) is 44.3 Å². The third kappa shape index (κ3) is 3.96. The van der Waals surface area contributed by atoms with Crippen molar-refractivity contribution in [1.82, 2.24) is 20.0 Å². The standard InChI is InChI=1S/C21H22F3N5O/c1-28(18-5-3-2-4-16(18)22)20-9-8-17(26-27-20)15-7-6-13(10-19(15)30)14-11-25-29(12-14)21(23)24/h6-12,16,18,21,30H,2-5H2,1H3/t16-,18+/m0/s1. The molecule has 2 atom stereocenters. The van der Waals surface area contributed by atoms with Gasteiger partial charge in [-0.15, -0.1) is 10.2 Å². The van der Waals surface area contributed by atoms with Gasteiger partial charge in [0, 0.05) is 24.4 Å². The molecule has 3 aromatic rings. The highest BCUT2D eigenvalue weighted by molar-refractivity contribution is 5.74. The molecule has 0 bridgehead atoms. The van der Waals surface area contributed by atoms with Crippen molar-refractivity contribution in [3.05, 3.63) is 42.7 Å². The predicted molar refractivity (Wildman–Crippen MR) is 107 cm³/mol. The largest absolute Gasteiger partial charge is 0.507 e. The Morgan fingerprint density at radius 1 is 1.10 bits per heavy atom. The van der Waals surface area contributed by atoms with Gasteiger partial charge in [-0.1, -0.05) is 18.9 Å². The summed E-state index contributed by atoms with van der Waals surface area (Å²) >= 11 is 0. The normalized spacial score (nSPS) is 19.2. The van der Waals surface area contributed by atoms with Gasteiger partial charge in [-0.3, -0.25) is 0 Å². The summed E-state index contributed by atoms with van der Waals surface area (Å²) in [6.07, 6.45) is 4.91. The van der Waals surface area contributed by atoms with E-state index in [0.29, 0.717) is 39.3 Å². The van der Waals surface area contributed by atoms with Crippen LogP contribution in [0, 0.1) is 0 Å². The molecule has 0 aliphatic heterocycles. The number of aromatic hydroxyl groups is 1. The minimum absolute atomic E-state index is 0.0520. The second-order valence-electron chi connectivity index (χ2n) is 7.47. The fourth-order valence-electron chi connectivity index (χ4n) is 3.85. The number of aromatic nitrogens is 4. The number of rotatable bonds is 5. The lowest BCUT2D eigenvalue weighted by atomic mass is 9.92. The number of nitrogens with zero attached hydrogens (tertiary/aromatic N) is 5. The third-order valence-corrected chi connectivity index (χ3v) is 5.57. The molecule has 2 heterocycles. The van der Waals surface area contributed by atoms with Crippen LogP contribution in [0.1, 0.15) is 32.2 Å². The van der Waals surface area contributed by atoms with Crippen LogP contribution < -0.4 is 4.90 Å². The molecule has 158 valence electrons. The number of anilines is 1. The van der Waals surface area contributed by atoms with Gasteiger partial charge >= 0.3 is 6.55 Å². The molecular weight excluding hydrogens is 395 g/mol. The summed E-state index contributed by atoms with van der Waals surface area (Å²) in [7, 11) is 1.82. The maximum absolute atomic E-state index is 14.2. The minimum Gasteiger partial charge on any atom is -0.507 e. The summed E-state index contributed by atoms with van der Waals surface area (Å²) in [5.41, 5.74) is 1.94. The van der Waals surface area contributed by atoms with Gasteiger partial charge < -0.3 is 10.0 Å². The number of phenols is 1. The van der Waals surface area contributed by atoms with Crippen molar-refractivity contribution in [1.29, 1.82) is 0 Å². The van der Waals surface area contributed by atoms with E-state index in [-0.39, 0.29) is 11.8 Å². The molecule has 30 heavy (non-hydrogen) atoms. The smallest absolute Gasteiger partial charge is 0.333 e. The van der Waals surface area contributed by atoms with Crippen molar-refractivity contribution in [2.45, 2.75) is 44.4 Å². The first-order valence-corrected chi connectivity index (χ1v) is 9.80. The molecule has 9 heteroatoms. The Morgan fingerprint density at radius 2 is 1.90 bits per heavy atom. The summed E-state index contributed by atoms with van der Waals surface area (Å²) in [6, 6.07) is 8.08. The molecule has 1 aromatic carbocycles. The van der Waals surface area contributed by atoms with Gasteiger partial charge in [0.05, 0.1) is 17.9 Å². The van der Waals surface area contributed by atoms with Gasteiger partial charge in [0.1, 0.15) is 11.9 Å². The molecule has 1 N–H and O–H groups in total. The number of hydrogen-bond donors (Lipinski definition) is 1. The van der Waals surface area contributed by atoms with Crippen molar-refractivity contribution in [3.8, 4) is 28.1 Å². The highest BCUT2D eigenvalue weighted by Gasteiger charge is 2.29. The van der Waals surface area contributed by atoms with Crippen molar-refractivity contribution in [2.24, 2.45) is 0 Å². The second kappa shape index (κ2) is 8.33. The monoisotopic (exact) mass is 417 g/mol. The molecule has 2 aromatic heterocycles. The molecule has 0 amide bonds. The van der Waals surface area contributed by atoms with Gasteiger partial charge in [0.2, 0.25) is 0 Å². The van der Waals surface area contributed by atoms with E-state index in [1.807, 2.05) is 11.9 Å².